The van der Waals surface area contributed by atoms with Crippen LogP contribution in [0.5, 0.6) is 0 Å². The highest BCUT2D eigenvalue weighted by Gasteiger charge is 2.31. The third-order valence-corrected chi connectivity index (χ3v) is 5.62. The first-order valence-corrected chi connectivity index (χ1v) is 9.39. The molecule has 1 aliphatic heterocycles. The minimum absolute atomic E-state index is 0.0387. The molecule has 2 aliphatic rings. The van der Waals surface area contributed by atoms with Crippen LogP contribution in [-0.2, 0) is 13.0 Å². The molecule has 0 atom stereocenters. The van der Waals surface area contributed by atoms with Gasteiger partial charge < -0.3 is 15.1 Å². The number of carbonyl (C=O) groups excluding carboxylic acids is 2. The van der Waals surface area contributed by atoms with Crippen molar-refractivity contribution in [1.82, 2.24) is 4.90 Å². The van der Waals surface area contributed by atoms with Gasteiger partial charge in [0.15, 0.2) is 5.78 Å². The first-order chi connectivity index (χ1) is 12.7. The summed E-state index contributed by atoms with van der Waals surface area (Å²) >= 11 is 0. The maximum absolute atomic E-state index is 12.9. The number of Topliss-reactive ketones (excluding diaryl/α,β-unsaturated/α-hetero) is 1. The molecular formula is C21H24N2O3. The lowest BCUT2D eigenvalue weighted by molar-refractivity contribution is 0.0707. The number of aryl methyl sites for hydroxylation is 1. The van der Waals surface area contributed by atoms with E-state index in [1.165, 1.54) is 11.8 Å². The van der Waals surface area contributed by atoms with E-state index in [1.807, 2.05) is 11.0 Å². The molecule has 2 N–H and O–H groups in total. The van der Waals surface area contributed by atoms with Crippen LogP contribution in [0, 0.1) is 0 Å². The number of piperidine rings is 1. The lowest BCUT2D eigenvalue weighted by Gasteiger charge is -2.32. The number of furan rings is 1. The van der Waals surface area contributed by atoms with Crippen molar-refractivity contribution in [2.24, 2.45) is 5.73 Å². The van der Waals surface area contributed by atoms with E-state index in [0.717, 1.165) is 31.2 Å². The van der Waals surface area contributed by atoms with Crippen LogP contribution in [0.25, 0.3) is 0 Å². The van der Waals surface area contributed by atoms with Crippen molar-refractivity contribution < 1.29 is 14.0 Å². The number of rotatable bonds is 3. The second kappa shape index (κ2) is 7.08. The van der Waals surface area contributed by atoms with Crippen LogP contribution in [-0.4, -0.2) is 29.7 Å². The summed E-state index contributed by atoms with van der Waals surface area (Å²) < 4.78 is 5.51. The largest absolute Gasteiger partial charge is 0.468 e. The van der Waals surface area contributed by atoms with Crippen molar-refractivity contribution >= 4 is 11.7 Å². The number of likely N-dealkylation sites (tertiary alicyclic amines) is 1. The fraction of sp³-hybridized carbons (Fsp3) is 0.429. The van der Waals surface area contributed by atoms with Gasteiger partial charge in [-0.1, -0.05) is 24.3 Å². The normalized spacial score (nSPS) is 18.0. The molecule has 5 heteroatoms. The highest BCUT2D eigenvalue weighted by atomic mass is 16.3. The van der Waals surface area contributed by atoms with Gasteiger partial charge in [0.2, 0.25) is 0 Å². The fourth-order valence-electron chi connectivity index (χ4n) is 4.14. The van der Waals surface area contributed by atoms with Gasteiger partial charge in [0.1, 0.15) is 12.0 Å². The predicted molar refractivity (Wildman–Crippen MR) is 98.2 cm³/mol. The zero-order chi connectivity index (χ0) is 18.1. The van der Waals surface area contributed by atoms with Crippen molar-refractivity contribution in [2.75, 3.05) is 13.1 Å². The molecule has 1 amide bonds. The van der Waals surface area contributed by atoms with Crippen molar-refractivity contribution in [3.8, 4) is 0 Å². The first kappa shape index (κ1) is 17.0. The molecule has 4 rings (SSSR count). The monoisotopic (exact) mass is 352 g/mol. The first-order valence-electron chi connectivity index (χ1n) is 9.39. The third kappa shape index (κ3) is 3.07. The fourth-order valence-corrected chi connectivity index (χ4v) is 4.14. The Balaban J connectivity index is 1.46. The summed E-state index contributed by atoms with van der Waals surface area (Å²) in [5.74, 6) is 1.10. The molecule has 0 unspecified atom stereocenters. The number of carbonyl (C=O) groups is 2. The number of fused-ring (bicyclic) bond motifs is 1. The number of benzene rings is 1. The molecule has 1 saturated heterocycles. The second-order valence-corrected chi connectivity index (χ2v) is 7.24. The number of amides is 1. The average molecular weight is 352 g/mol. The summed E-state index contributed by atoms with van der Waals surface area (Å²) in [5.41, 5.74) is 9.17. The maximum atomic E-state index is 12.9. The van der Waals surface area contributed by atoms with Gasteiger partial charge in [-0.15, -0.1) is 0 Å². The molecule has 26 heavy (non-hydrogen) atoms. The predicted octanol–water partition coefficient (Wildman–Crippen LogP) is 3.28. The van der Waals surface area contributed by atoms with Crippen LogP contribution >= 0.6 is 0 Å². The smallest absolute Gasteiger partial charge is 0.257 e. The molecule has 2 aromatic rings. The number of ketones is 1. The van der Waals surface area contributed by atoms with Gasteiger partial charge in [0.05, 0.1) is 11.1 Å². The van der Waals surface area contributed by atoms with Gasteiger partial charge in [-0.2, -0.15) is 0 Å². The van der Waals surface area contributed by atoms with Crippen molar-refractivity contribution in [3.63, 3.8) is 0 Å². The summed E-state index contributed by atoms with van der Waals surface area (Å²) in [5, 5.41) is 0. The Bertz CT molecular complexity index is 832. The van der Waals surface area contributed by atoms with E-state index < -0.39 is 0 Å². The quantitative estimate of drug-likeness (QED) is 0.920. The number of nitrogens with two attached hydrogens (primary N) is 1. The standard InChI is InChI=1S/C21H24N2O3/c22-12-14-3-1-4-16(11-14)15-7-9-23(10-8-15)21(25)17-13-26-19-6-2-5-18(24)20(17)19/h1,3-4,11,13,15H,2,5-10,12,22H2. The molecule has 2 heterocycles. The molecule has 0 spiro atoms. The Morgan fingerprint density at radius 1 is 1.23 bits per heavy atom. The Hall–Kier alpha value is -2.40. The average Bonchev–Trinajstić information content (AvgIpc) is 3.13. The molecule has 1 aliphatic carbocycles. The maximum Gasteiger partial charge on any atom is 0.257 e. The summed E-state index contributed by atoms with van der Waals surface area (Å²) in [6.07, 6.45) is 5.38. The van der Waals surface area contributed by atoms with Gasteiger partial charge >= 0.3 is 0 Å². The topological polar surface area (TPSA) is 76.5 Å². The van der Waals surface area contributed by atoms with E-state index in [1.54, 1.807) is 0 Å². The van der Waals surface area contributed by atoms with Gasteiger partial charge in [-0.25, -0.2) is 0 Å². The highest BCUT2D eigenvalue weighted by Crippen LogP contribution is 2.31. The molecule has 1 aromatic carbocycles. The molecule has 5 nitrogen and oxygen atoms in total. The zero-order valence-corrected chi connectivity index (χ0v) is 14.9. The number of hydrogen-bond donors (Lipinski definition) is 1. The molecule has 0 saturated carbocycles. The van der Waals surface area contributed by atoms with Gasteiger partial charge in [0.25, 0.3) is 5.91 Å². The highest BCUT2D eigenvalue weighted by molar-refractivity contribution is 6.09. The molecule has 0 radical (unpaired) electrons. The minimum Gasteiger partial charge on any atom is -0.468 e. The number of hydrogen-bond acceptors (Lipinski definition) is 4. The summed E-state index contributed by atoms with van der Waals surface area (Å²) in [6.45, 7) is 1.94. The van der Waals surface area contributed by atoms with Gasteiger partial charge in [-0.05, 0) is 36.3 Å². The van der Waals surface area contributed by atoms with Gasteiger partial charge in [-0.3, -0.25) is 9.59 Å². The van der Waals surface area contributed by atoms with E-state index in [9.17, 15) is 9.59 Å². The van der Waals surface area contributed by atoms with Crippen molar-refractivity contribution in [3.05, 3.63) is 58.5 Å². The SMILES string of the molecule is NCc1cccc(C2CCN(C(=O)c3coc4c3C(=O)CCC4)CC2)c1. The molecular weight excluding hydrogens is 328 g/mol. The van der Waals surface area contributed by atoms with Crippen molar-refractivity contribution in [2.45, 2.75) is 44.6 Å². The summed E-state index contributed by atoms with van der Waals surface area (Å²) in [4.78, 5) is 27.0. The Kier molecular flexibility index (Phi) is 4.64. The third-order valence-electron chi connectivity index (χ3n) is 5.62. The van der Waals surface area contributed by atoms with Crippen LogP contribution in [0.3, 0.4) is 0 Å². The Labute approximate surface area is 153 Å². The van der Waals surface area contributed by atoms with E-state index in [0.29, 0.717) is 48.9 Å². The van der Waals surface area contributed by atoms with Crippen LogP contribution in [0.4, 0.5) is 0 Å². The van der Waals surface area contributed by atoms with E-state index >= 15 is 0 Å². The summed E-state index contributed by atoms with van der Waals surface area (Å²) in [6, 6.07) is 8.42. The van der Waals surface area contributed by atoms with Crippen molar-refractivity contribution in [1.29, 1.82) is 0 Å². The number of nitrogens with zero attached hydrogens (tertiary/aromatic N) is 1. The van der Waals surface area contributed by atoms with Crippen LogP contribution in [0.1, 0.15) is 69.2 Å². The van der Waals surface area contributed by atoms with Gasteiger partial charge in [0, 0.05) is 32.5 Å². The molecule has 1 fully saturated rings. The van der Waals surface area contributed by atoms with Crippen LogP contribution in [0.2, 0.25) is 0 Å². The Morgan fingerprint density at radius 2 is 2.04 bits per heavy atom. The Morgan fingerprint density at radius 3 is 2.81 bits per heavy atom. The minimum atomic E-state index is -0.0700. The van der Waals surface area contributed by atoms with E-state index in [2.05, 4.69) is 18.2 Å². The second-order valence-electron chi connectivity index (χ2n) is 7.24. The molecule has 1 aromatic heterocycles. The lowest BCUT2D eigenvalue weighted by atomic mass is 9.88. The van der Waals surface area contributed by atoms with Crippen LogP contribution in [0.15, 0.2) is 34.9 Å². The van der Waals surface area contributed by atoms with E-state index in [-0.39, 0.29) is 11.7 Å². The summed E-state index contributed by atoms with van der Waals surface area (Å²) in [7, 11) is 0. The zero-order valence-electron chi connectivity index (χ0n) is 14.9. The van der Waals surface area contributed by atoms with E-state index in [4.69, 9.17) is 10.2 Å². The van der Waals surface area contributed by atoms with Crippen LogP contribution < -0.4 is 5.73 Å². The molecule has 136 valence electrons. The molecule has 0 bridgehead atoms. The lowest BCUT2D eigenvalue weighted by Crippen LogP contribution is -2.38.